The highest BCUT2D eigenvalue weighted by molar-refractivity contribution is 5.40. The van der Waals surface area contributed by atoms with E-state index in [1.54, 1.807) is 29.3 Å². The predicted molar refractivity (Wildman–Crippen MR) is 111 cm³/mol. The molecule has 1 N–H and O–H groups in total. The second kappa shape index (κ2) is 8.25. The van der Waals surface area contributed by atoms with Gasteiger partial charge in [0.1, 0.15) is 11.5 Å². The van der Waals surface area contributed by atoms with E-state index < -0.39 is 0 Å². The highest BCUT2D eigenvalue weighted by Gasteiger charge is 2.31. The molecule has 0 unspecified atom stereocenters. The van der Waals surface area contributed by atoms with Gasteiger partial charge in [-0.2, -0.15) is 0 Å². The molecule has 0 amide bonds. The number of nitrogens with zero attached hydrogens (tertiary/aromatic N) is 3. The summed E-state index contributed by atoms with van der Waals surface area (Å²) in [6.45, 7) is 6.21. The van der Waals surface area contributed by atoms with Gasteiger partial charge in [-0.1, -0.05) is 6.92 Å². The number of aromatic hydroxyl groups is 1. The molecule has 4 heterocycles. The molecule has 0 bridgehead atoms. The Bertz CT molecular complexity index is 1000. The lowest BCUT2D eigenvalue weighted by atomic mass is 9.92. The van der Waals surface area contributed by atoms with E-state index in [4.69, 9.17) is 4.42 Å². The Morgan fingerprint density at radius 3 is 2.62 bits per heavy atom. The Kier molecular flexibility index (Phi) is 5.53. The van der Waals surface area contributed by atoms with Gasteiger partial charge < -0.3 is 14.1 Å². The number of hydrogen-bond donors (Lipinski definition) is 1. The largest absolute Gasteiger partial charge is 0.507 e. The summed E-state index contributed by atoms with van der Waals surface area (Å²) in [5.41, 5.74) is 1.91. The van der Waals surface area contributed by atoms with Gasteiger partial charge in [-0.25, -0.2) is 0 Å². The van der Waals surface area contributed by atoms with Crippen LogP contribution in [-0.2, 0) is 6.54 Å². The van der Waals surface area contributed by atoms with Crippen LogP contribution >= 0.6 is 0 Å². The third-order valence-corrected chi connectivity index (χ3v) is 5.90. The van der Waals surface area contributed by atoms with Gasteiger partial charge in [0.2, 0.25) is 0 Å². The molecule has 0 radical (unpaired) electrons. The number of pyridine rings is 2. The van der Waals surface area contributed by atoms with E-state index in [0.717, 1.165) is 31.5 Å². The lowest BCUT2D eigenvalue weighted by Crippen LogP contribution is -2.40. The Balaban J connectivity index is 1.82. The van der Waals surface area contributed by atoms with Crippen LogP contribution in [0.4, 0.5) is 0 Å². The number of rotatable bonds is 5. The average molecular weight is 393 g/mol. The van der Waals surface area contributed by atoms with Crippen LogP contribution in [0, 0.1) is 12.8 Å². The maximum absolute atomic E-state index is 13.6. The lowest BCUT2D eigenvalue weighted by Gasteiger charge is -2.37. The van der Waals surface area contributed by atoms with Crippen molar-refractivity contribution in [3.05, 3.63) is 81.9 Å². The summed E-state index contributed by atoms with van der Waals surface area (Å²) in [6.07, 6.45) is 7.23. The van der Waals surface area contributed by atoms with Crippen LogP contribution in [-0.4, -0.2) is 32.6 Å². The summed E-state index contributed by atoms with van der Waals surface area (Å²) >= 11 is 0. The fourth-order valence-electron chi connectivity index (χ4n) is 4.17. The predicted octanol–water partition coefficient (Wildman–Crippen LogP) is 3.72. The van der Waals surface area contributed by atoms with Crippen molar-refractivity contribution in [3.8, 4) is 5.75 Å². The molecule has 1 saturated heterocycles. The molecule has 3 aromatic heterocycles. The smallest absolute Gasteiger partial charge is 0.260 e. The van der Waals surface area contributed by atoms with E-state index in [-0.39, 0.29) is 17.4 Å². The molecule has 29 heavy (non-hydrogen) atoms. The second-order valence-electron chi connectivity index (χ2n) is 7.96. The summed E-state index contributed by atoms with van der Waals surface area (Å²) in [5, 5.41) is 10.9. The van der Waals surface area contributed by atoms with Crippen molar-refractivity contribution in [2.45, 2.75) is 39.3 Å². The Hall–Kier alpha value is -2.86. The Labute approximate surface area is 170 Å². The van der Waals surface area contributed by atoms with Crippen molar-refractivity contribution in [1.82, 2.24) is 14.5 Å². The van der Waals surface area contributed by atoms with E-state index in [9.17, 15) is 9.90 Å². The van der Waals surface area contributed by atoms with Gasteiger partial charge >= 0.3 is 0 Å². The molecule has 0 aliphatic carbocycles. The van der Waals surface area contributed by atoms with E-state index >= 15 is 0 Å². The molecular weight excluding hydrogens is 366 g/mol. The first-order valence-electron chi connectivity index (χ1n) is 10.1. The molecule has 0 spiro atoms. The zero-order chi connectivity index (χ0) is 20.4. The number of aryl methyl sites for hydroxylation is 1. The van der Waals surface area contributed by atoms with Crippen molar-refractivity contribution >= 4 is 0 Å². The molecule has 0 saturated carbocycles. The molecule has 1 fully saturated rings. The number of likely N-dealkylation sites (tertiary alicyclic amines) is 1. The van der Waals surface area contributed by atoms with E-state index in [1.807, 2.05) is 31.2 Å². The van der Waals surface area contributed by atoms with Crippen LogP contribution in [0.3, 0.4) is 0 Å². The van der Waals surface area contributed by atoms with Crippen LogP contribution < -0.4 is 5.56 Å². The Morgan fingerprint density at radius 1 is 1.24 bits per heavy atom. The second-order valence-corrected chi connectivity index (χ2v) is 7.96. The highest BCUT2D eigenvalue weighted by Crippen LogP contribution is 2.35. The third-order valence-electron chi connectivity index (χ3n) is 5.90. The molecule has 1 aliphatic heterocycles. The van der Waals surface area contributed by atoms with E-state index in [1.165, 1.54) is 0 Å². The van der Waals surface area contributed by atoms with Crippen LogP contribution in [0.2, 0.25) is 0 Å². The minimum absolute atomic E-state index is 0.0450. The fourth-order valence-corrected chi connectivity index (χ4v) is 4.17. The normalized spacial score (nSPS) is 16.8. The molecule has 0 aromatic carbocycles. The molecule has 1 aliphatic rings. The van der Waals surface area contributed by atoms with Crippen LogP contribution in [0.15, 0.2) is 58.2 Å². The van der Waals surface area contributed by atoms with Gasteiger partial charge in [0, 0.05) is 18.1 Å². The van der Waals surface area contributed by atoms with Crippen LogP contribution in [0.5, 0.6) is 5.75 Å². The van der Waals surface area contributed by atoms with Crippen molar-refractivity contribution in [3.63, 3.8) is 0 Å². The maximum Gasteiger partial charge on any atom is 0.260 e. The fraction of sp³-hybridized carbons (Fsp3) is 0.391. The number of hydrogen-bond acceptors (Lipinski definition) is 5. The van der Waals surface area contributed by atoms with Gasteiger partial charge in [0.25, 0.3) is 5.56 Å². The first kappa shape index (κ1) is 19.5. The number of furan rings is 1. The first-order valence-corrected chi connectivity index (χ1v) is 10.1. The van der Waals surface area contributed by atoms with E-state index in [2.05, 4.69) is 16.8 Å². The zero-order valence-corrected chi connectivity index (χ0v) is 16.9. The molecular formula is C23H27N3O3. The monoisotopic (exact) mass is 393 g/mol. The van der Waals surface area contributed by atoms with E-state index in [0.29, 0.717) is 29.5 Å². The first-order chi connectivity index (χ1) is 14.0. The summed E-state index contributed by atoms with van der Waals surface area (Å²) in [5.74, 6) is 1.43. The molecule has 1 atom stereocenters. The van der Waals surface area contributed by atoms with Gasteiger partial charge in [-0.15, -0.1) is 0 Å². The van der Waals surface area contributed by atoms with Gasteiger partial charge in [-0.05, 0) is 74.7 Å². The molecule has 6 heteroatoms. The van der Waals surface area contributed by atoms with Crippen molar-refractivity contribution in [2.75, 3.05) is 13.1 Å². The molecule has 3 aromatic rings. The standard InChI is InChI=1S/C23H27N3O3/c1-16-7-11-25(12-8-16)22(18-5-9-24-10-6-18)21-20(27)14-17(2)26(23(21)28)15-19-4-3-13-29-19/h3-6,9-10,13-14,16,22,27H,7-8,11-12,15H2,1-2H3/t22-/m1/s1. The summed E-state index contributed by atoms with van der Waals surface area (Å²) in [6, 6.07) is 8.90. The quantitative estimate of drug-likeness (QED) is 0.715. The topological polar surface area (TPSA) is 71.5 Å². The number of piperidine rings is 1. The summed E-state index contributed by atoms with van der Waals surface area (Å²) in [7, 11) is 0. The minimum Gasteiger partial charge on any atom is -0.507 e. The molecule has 6 nitrogen and oxygen atoms in total. The third kappa shape index (κ3) is 3.98. The summed E-state index contributed by atoms with van der Waals surface area (Å²) < 4.78 is 7.13. The average Bonchev–Trinajstić information content (AvgIpc) is 3.23. The van der Waals surface area contributed by atoms with Crippen LogP contribution in [0.1, 0.15) is 48.4 Å². The highest BCUT2D eigenvalue weighted by atomic mass is 16.3. The lowest BCUT2D eigenvalue weighted by molar-refractivity contribution is 0.154. The maximum atomic E-state index is 13.6. The van der Waals surface area contributed by atoms with Crippen LogP contribution in [0.25, 0.3) is 0 Å². The zero-order valence-electron chi connectivity index (χ0n) is 16.9. The molecule has 152 valence electrons. The minimum atomic E-state index is -0.304. The SMILES string of the molecule is Cc1cc(O)c([C@@H](c2ccncc2)N2CCC(C)CC2)c(=O)n1Cc1ccco1. The van der Waals surface area contributed by atoms with Crippen molar-refractivity contribution in [1.29, 1.82) is 0 Å². The van der Waals surface area contributed by atoms with Gasteiger partial charge in [-0.3, -0.25) is 14.7 Å². The van der Waals surface area contributed by atoms with Gasteiger partial charge in [0.15, 0.2) is 0 Å². The summed E-state index contributed by atoms with van der Waals surface area (Å²) in [4.78, 5) is 20.0. The Morgan fingerprint density at radius 2 is 1.97 bits per heavy atom. The van der Waals surface area contributed by atoms with Gasteiger partial charge in [0.05, 0.1) is 24.4 Å². The molecule has 4 rings (SSSR count). The van der Waals surface area contributed by atoms with Crippen molar-refractivity contribution in [2.24, 2.45) is 5.92 Å². The number of aromatic nitrogens is 2. The van der Waals surface area contributed by atoms with Crippen molar-refractivity contribution < 1.29 is 9.52 Å².